The summed E-state index contributed by atoms with van der Waals surface area (Å²) in [4.78, 5) is 2.71. The van der Waals surface area contributed by atoms with E-state index in [-0.39, 0.29) is 0 Å². The van der Waals surface area contributed by atoms with E-state index in [1.807, 2.05) is 6.20 Å². The van der Waals surface area contributed by atoms with Crippen molar-refractivity contribution in [2.75, 3.05) is 19.6 Å². The molecule has 148 valence electrons. The summed E-state index contributed by atoms with van der Waals surface area (Å²) in [5.41, 5.74) is 1.37. The van der Waals surface area contributed by atoms with E-state index in [1.165, 1.54) is 95.8 Å². The molecule has 0 aromatic carbocycles. The first kappa shape index (κ1) is 19.9. The van der Waals surface area contributed by atoms with Crippen LogP contribution >= 0.6 is 0 Å². The van der Waals surface area contributed by atoms with Crippen molar-refractivity contribution in [3.63, 3.8) is 0 Å². The summed E-state index contributed by atoms with van der Waals surface area (Å²) in [6.07, 6.45) is 20.3. The summed E-state index contributed by atoms with van der Waals surface area (Å²) in [6.45, 7) is 9.53. The SMILES string of the molecule is CC(C)c1cnn(CC2CCN(CCCCCC3CCCCC3)CC2)c1. The molecule has 26 heavy (non-hydrogen) atoms. The van der Waals surface area contributed by atoms with E-state index in [0.717, 1.165) is 18.4 Å². The zero-order valence-electron chi connectivity index (χ0n) is 17.3. The molecule has 3 heteroatoms. The van der Waals surface area contributed by atoms with Crippen molar-refractivity contribution in [2.45, 2.75) is 96.9 Å². The third-order valence-electron chi connectivity index (χ3n) is 6.78. The first-order valence-corrected chi connectivity index (χ1v) is 11.5. The Morgan fingerprint density at radius 1 is 0.962 bits per heavy atom. The van der Waals surface area contributed by atoms with Crippen LogP contribution in [0, 0.1) is 11.8 Å². The Balaban J connectivity index is 1.24. The van der Waals surface area contributed by atoms with E-state index in [9.17, 15) is 0 Å². The van der Waals surface area contributed by atoms with Gasteiger partial charge in [0.05, 0.1) is 6.20 Å². The Morgan fingerprint density at radius 2 is 1.73 bits per heavy atom. The Bertz CT molecular complexity index is 493. The van der Waals surface area contributed by atoms with E-state index >= 15 is 0 Å². The van der Waals surface area contributed by atoms with Crippen molar-refractivity contribution in [3.05, 3.63) is 18.0 Å². The summed E-state index contributed by atoms with van der Waals surface area (Å²) in [7, 11) is 0. The van der Waals surface area contributed by atoms with E-state index in [2.05, 4.69) is 34.7 Å². The summed E-state index contributed by atoms with van der Waals surface area (Å²) in [6, 6.07) is 0. The Hall–Kier alpha value is -0.830. The van der Waals surface area contributed by atoms with Gasteiger partial charge in [0, 0.05) is 12.7 Å². The average molecular weight is 360 g/mol. The van der Waals surface area contributed by atoms with Crippen LogP contribution in [-0.4, -0.2) is 34.3 Å². The zero-order chi connectivity index (χ0) is 18.2. The molecule has 3 rings (SSSR count). The largest absolute Gasteiger partial charge is 0.303 e. The van der Waals surface area contributed by atoms with Crippen molar-refractivity contribution in [3.8, 4) is 0 Å². The van der Waals surface area contributed by atoms with Gasteiger partial charge in [0.25, 0.3) is 0 Å². The van der Waals surface area contributed by atoms with Gasteiger partial charge in [-0.05, 0) is 62.2 Å². The minimum atomic E-state index is 0.587. The van der Waals surface area contributed by atoms with Crippen molar-refractivity contribution in [1.82, 2.24) is 14.7 Å². The maximum atomic E-state index is 4.56. The molecule has 0 atom stereocenters. The fraction of sp³-hybridized carbons (Fsp3) is 0.870. The number of piperidine rings is 1. The highest BCUT2D eigenvalue weighted by molar-refractivity contribution is 5.08. The number of rotatable bonds is 9. The second kappa shape index (κ2) is 10.5. The molecule has 2 heterocycles. The number of hydrogen-bond donors (Lipinski definition) is 0. The maximum absolute atomic E-state index is 4.56. The number of aromatic nitrogens is 2. The first-order chi connectivity index (χ1) is 12.7. The zero-order valence-corrected chi connectivity index (χ0v) is 17.3. The number of hydrogen-bond acceptors (Lipinski definition) is 2. The maximum Gasteiger partial charge on any atom is 0.0524 e. The van der Waals surface area contributed by atoms with Gasteiger partial charge in [-0.3, -0.25) is 4.68 Å². The van der Waals surface area contributed by atoms with Crippen LogP contribution in [0.2, 0.25) is 0 Å². The molecular weight excluding hydrogens is 318 g/mol. The van der Waals surface area contributed by atoms with E-state index < -0.39 is 0 Å². The van der Waals surface area contributed by atoms with Crippen LogP contribution in [0.3, 0.4) is 0 Å². The Morgan fingerprint density at radius 3 is 2.42 bits per heavy atom. The van der Waals surface area contributed by atoms with Crippen LogP contribution in [0.5, 0.6) is 0 Å². The van der Waals surface area contributed by atoms with Crippen LogP contribution in [-0.2, 0) is 6.54 Å². The van der Waals surface area contributed by atoms with Crippen LogP contribution in [0.15, 0.2) is 12.4 Å². The normalized spacial score (nSPS) is 20.9. The lowest BCUT2D eigenvalue weighted by molar-refractivity contribution is 0.168. The highest BCUT2D eigenvalue weighted by Crippen LogP contribution is 2.28. The van der Waals surface area contributed by atoms with Gasteiger partial charge in [0.2, 0.25) is 0 Å². The molecule has 1 saturated heterocycles. The van der Waals surface area contributed by atoms with Gasteiger partial charge < -0.3 is 4.90 Å². The smallest absolute Gasteiger partial charge is 0.0524 e. The van der Waals surface area contributed by atoms with Crippen molar-refractivity contribution in [2.24, 2.45) is 11.8 Å². The van der Waals surface area contributed by atoms with Crippen molar-refractivity contribution >= 4 is 0 Å². The molecule has 0 spiro atoms. The quantitative estimate of drug-likeness (QED) is 0.515. The Kier molecular flexibility index (Phi) is 8.04. The van der Waals surface area contributed by atoms with Crippen LogP contribution < -0.4 is 0 Å². The highest BCUT2D eigenvalue weighted by atomic mass is 15.3. The Labute approximate surface area is 161 Å². The van der Waals surface area contributed by atoms with Crippen LogP contribution in [0.1, 0.15) is 96.0 Å². The van der Waals surface area contributed by atoms with Gasteiger partial charge in [0.15, 0.2) is 0 Å². The number of nitrogens with zero attached hydrogens (tertiary/aromatic N) is 3. The van der Waals surface area contributed by atoms with Crippen molar-refractivity contribution < 1.29 is 0 Å². The summed E-state index contributed by atoms with van der Waals surface area (Å²) in [5, 5.41) is 4.56. The topological polar surface area (TPSA) is 21.1 Å². The third kappa shape index (κ3) is 6.40. The summed E-state index contributed by atoms with van der Waals surface area (Å²) < 4.78 is 2.18. The lowest BCUT2D eigenvalue weighted by atomic mass is 9.85. The van der Waals surface area contributed by atoms with Gasteiger partial charge in [-0.2, -0.15) is 5.10 Å². The second-order valence-electron chi connectivity index (χ2n) is 9.29. The predicted molar refractivity (Wildman–Crippen MR) is 111 cm³/mol. The minimum Gasteiger partial charge on any atom is -0.303 e. The fourth-order valence-corrected chi connectivity index (χ4v) is 4.86. The lowest BCUT2D eigenvalue weighted by Crippen LogP contribution is -2.35. The molecule has 1 saturated carbocycles. The minimum absolute atomic E-state index is 0.587. The molecule has 0 unspecified atom stereocenters. The molecule has 0 N–H and O–H groups in total. The molecule has 2 fully saturated rings. The monoisotopic (exact) mass is 359 g/mol. The standard InChI is InChI=1S/C23H41N3/c1-20(2)23-17-24-26(19-23)18-22-12-15-25(16-13-22)14-8-4-7-11-21-9-5-3-6-10-21/h17,19-22H,3-16,18H2,1-2H3. The van der Waals surface area contributed by atoms with Crippen molar-refractivity contribution in [1.29, 1.82) is 0 Å². The van der Waals surface area contributed by atoms with Gasteiger partial charge in [-0.15, -0.1) is 0 Å². The summed E-state index contributed by atoms with van der Waals surface area (Å²) in [5.74, 6) is 2.47. The molecular formula is C23H41N3. The van der Waals surface area contributed by atoms with E-state index in [1.54, 1.807) is 0 Å². The lowest BCUT2D eigenvalue weighted by Gasteiger charge is -2.32. The highest BCUT2D eigenvalue weighted by Gasteiger charge is 2.20. The first-order valence-electron chi connectivity index (χ1n) is 11.5. The molecule has 0 amide bonds. The summed E-state index contributed by atoms with van der Waals surface area (Å²) >= 11 is 0. The molecule has 1 aromatic rings. The van der Waals surface area contributed by atoms with Gasteiger partial charge in [-0.25, -0.2) is 0 Å². The van der Waals surface area contributed by atoms with Crippen LogP contribution in [0.4, 0.5) is 0 Å². The van der Waals surface area contributed by atoms with Crippen LogP contribution in [0.25, 0.3) is 0 Å². The molecule has 1 aromatic heterocycles. The van der Waals surface area contributed by atoms with Gasteiger partial charge in [0.1, 0.15) is 0 Å². The number of likely N-dealkylation sites (tertiary alicyclic amines) is 1. The molecule has 1 aliphatic carbocycles. The average Bonchev–Trinajstić information content (AvgIpc) is 3.13. The molecule has 0 radical (unpaired) electrons. The van der Waals surface area contributed by atoms with Gasteiger partial charge >= 0.3 is 0 Å². The van der Waals surface area contributed by atoms with E-state index in [0.29, 0.717) is 5.92 Å². The predicted octanol–water partition coefficient (Wildman–Crippen LogP) is 5.86. The fourth-order valence-electron chi connectivity index (χ4n) is 4.86. The second-order valence-corrected chi connectivity index (χ2v) is 9.29. The van der Waals surface area contributed by atoms with Gasteiger partial charge in [-0.1, -0.05) is 65.2 Å². The third-order valence-corrected chi connectivity index (χ3v) is 6.78. The number of unbranched alkanes of at least 4 members (excludes halogenated alkanes) is 2. The van der Waals surface area contributed by atoms with E-state index in [4.69, 9.17) is 0 Å². The molecule has 1 aliphatic heterocycles. The molecule has 3 nitrogen and oxygen atoms in total. The molecule has 2 aliphatic rings. The molecule has 0 bridgehead atoms.